The second-order valence-electron chi connectivity index (χ2n) is 7.82. The first kappa shape index (κ1) is 19.6. The lowest BCUT2D eigenvalue weighted by Crippen LogP contribution is -2.51. The summed E-state index contributed by atoms with van der Waals surface area (Å²) in [6.45, 7) is 7.12. The van der Waals surface area contributed by atoms with Gasteiger partial charge in [-0.25, -0.2) is 4.79 Å². The van der Waals surface area contributed by atoms with Gasteiger partial charge in [-0.1, -0.05) is 24.3 Å². The summed E-state index contributed by atoms with van der Waals surface area (Å²) in [6.07, 6.45) is 0. The van der Waals surface area contributed by atoms with E-state index in [1.54, 1.807) is 34.7 Å². The highest BCUT2D eigenvalue weighted by Crippen LogP contribution is 2.59. The van der Waals surface area contributed by atoms with Crippen molar-refractivity contribution >= 4 is 35.1 Å². The normalized spacial score (nSPS) is 22.1. The van der Waals surface area contributed by atoms with Gasteiger partial charge in [0, 0.05) is 35.2 Å². The molecule has 1 fully saturated rings. The predicted molar refractivity (Wildman–Crippen MR) is 117 cm³/mol. The van der Waals surface area contributed by atoms with E-state index >= 15 is 0 Å². The van der Waals surface area contributed by atoms with Gasteiger partial charge in [-0.05, 0) is 39.0 Å². The Morgan fingerprint density at radius 3 is 2.69 bits per heavy atom. The van der Waals surface area contributed by atoms with Gasteiger partial charge in [-0.15, -0.1) is 11.8 Å². The number of urea groups is 1. The first-order valence-electron chi connectivity index (χ1n) is 9.67. The average Bonchev–Trinajstić information content (AvgIpc) is 3.13. The van der Waals surface area contributed by atoms with Crippen LogP contribution in [0, 0.1) is 0 Å². The van der Waals surface area contributed by atoms with E-state index in [2.05, 4.69) is 19.2 Å². The molecular formula is C22H25N3O3S. The number of nitrogens with one attached hydrogen (secondary N) is 1. The van der Waals surface area contributed by atoms with Crippen LogP contribution in [0.2, 0.25) is 0 Å². The van der Waals surface area contributed by atoms with Gasteiger partial charge >= 0.3 is 6.03 Å². The third kappa shape index (κ3) is 3.04. The Kier molecular flexibility index (Phi) is 4.73. The van der Waals surface area contributed by atoms with Gasteiger partial charge in [0.05, 0.1) is 12.8 Å². The van der Waals surface area contributed by atoms with E-state index in [4.69, 9.17) is 4.74 Å². The van der Waals surface area contributed by atoms with E-state index in [9.17, 15) is 9.59 Å². The molecule has 1 saturated heterocycles. The van der Waals surface area contributed by atoms with E-state index < -0.39 is 4.87 Å². The van der Waals surface area contributed by atoms with E-state index in [1.165, 1.54) is 0 Å². The summed E-state index contributed by atoms with van der Waals surface area (Å²) in [4.78, 5) is 29.4. The van der Waals surface area contributed by atoms with Gasteiger partial charge in [-0.2, -0.15) is 0 Å². The van der Waals surface area contributed by atoms with Crippen molar-refractivity contribution < 1.29 is 14.3 Å². The molecule has 2 heterocycles. The van der Waals surface area contributed by atoms with Crippen molar-refractivity contribution in [3.05, 3.63) is 54.1 Å². The Morgan fingerprint density at radius 1 is 1.21 bits per heavy atom. The quantitative estimate of drug-likeness (QED) is 0.819. The van der Waals surface area contributed by atoms with Gasteiger partial charge in [0.2, 0.25) is 0 Å². The van der Waals surface area contributed by atoms with Crippen molar-refractivity contribution in [2.24, 2.45) is 0 Å². The van der Waals surface area contributed by atoms with Crippen LogP contribution < -0.4 is 15.0 Å². The zero-order valence-corrected chi connectivity index (χ0v) is 17.9. The number of hydrogen-bond donors (Lipinski definition) is 1. The zero-order valence-electron chi connectivity index (χ0n) is 17.1. The fourth-order valence-electron chi connectivity index (χ4n) is 4.16. The minimum Gasteiger partial charge on any atom is -0.497 e. The molecule has 1 unspecified atom stereocenters. The van der Waals surface area contributed by atoms with Crippen LogP contribution in [-0.4, -0.2) is 41.8 Å². The summed E-state index contributed by atoms with van der Waals surface area (Å²) in [5.41, 5.74) is 2.39. The Hall–Kier alpha value is -2.67. The molecule has 1 atom stereocenters. The maximum Gasteiger partial charge on any atom is 0.323 e. The van der Waals surface area contributed by atoms with Crippen molar-refractivity contribution in [1.29, 1.82) is 0 Å². The van der Waals surface area contributed by atoms with Crippen LogP contribution in [0.1, 0.15) is 26.3 Å². The Balaban J connectivity index is 1.76. The molecule has 1 spiro atoms. The van der Waals surface area contributed by atoms with E-state index in [-0.39, 0.29) is 16.7 Å². The predicted octanol–water partition coefficient (Wildman–Crippen LogP) is 4.27. The number of rotatable bonds is 3. The summed E-state index contributed by atoms with van der Waals surface area (Å²) >= 11 is 1.55. The molecule has 0 aliphatic carbocycles. The highest BCUT2D eigenvalue weighted by molar-refractivity contribution is 8.02. The van der Waals surface area contributed by atoms with E-state index in [0.717, 1.165) is 11.3 Å². The molecule has 2 aromatic rings. The molecule has 0 bridgehead atoms. The molecule has 2 aliphatic heterocycles. The van der Waals surface area contributed by atoms with E-state index in [0.29, 0.717) is 24.5 Å². The number of carbonyl (C=O) groups excluding carboxylic acids is 2. The number of hydrogen-bond acceptors (Lipinski definition) is 4. The lowest BCUT2D eigenvalue weighted by molar-refractivity contribution is -0.123. The average molecular weight is 412 g/mol. The highest BCUT2D eigenvalue weighted by Gasteiger charge is 2.63. The molecule has 0 aromatic heterocycles. The van der Waals surface area contributed by atoms with Gasteiger partial charge in [0.1, 0.15) is 5.75 Å². The number of ether oxygens (including phenoxy) is 1. The molecule has 4 rings (SSSR count). The standard InChI is InChI=1S/C22H25N3O3S/c1-5-24-18-12-7-6-11-17(18)22(19(24)26)25(14-21(2,3)29-22)20(27)23-15-9-8-10-16(13-15)28-4/h6-13H,5,14H2,1-4H3,(H,23,27). The summed E-state index contributed by atoms with van der Waals surface area (Å²) < 4.78 is 4.98. The topological polar surface area (TPSA) is 61.9 Å². The van der Waals surface area contributed by atoms with E-state index in [1.807, 2.05) is 49.4 Å². The molecule has 152 valence electrons. The lowest BCUT2D eigenvalue weighted by Gasteiger charge is -2.33. The van der Waals surface area contributed by atoms with Crippen molar-refractivity contribution in [1.82, 2.24) is 4.90 Å². The molecule has 2 aromatic carbocycles. The van der Waals surface area contributed by atoms with Gasteiger partial charge in [-0.3, -0.25) is 9.69 Å². The third-order valence-corrected chi connectivity index (χ3v) is 6.91. The minimum atomic E-state index is -1.06. The second kappa shape index (κ2) is 6.99. The number of benzene rings is 2. The Bertz CT molecular complexity index is 977. The number of thioether (sulfide) groups is 1. The first-order chi connectivity index (χ1) is 13.8. The number of nitrogens with zero attached hydrogens (tertiary/aromatic N) is 2. The number of anilines is 2. The van der Waals surface area contributed by atoms with Crippen LogP contribution in [0.3, 0.4) is 0 Å². The summed E-state index contributed by atoms with van der Waals surface area (Å²) in [7, 11) is 1.59. The molecule has 3 amide bonds. The largest absolute Gasteiger partial charge is 0.497 e. The van der Waals surface area contributed by atoms with Crippen molar-refractivity contribution in [3.8, 4) is 5.75 Å². The zero-order chi connectivity index (χ0) is 20.8. The number of carbonyl (C=O) groups is 2. The summed E-state index contributed by atoms with van der Waals surface area (Å²) in [6, 6.07) is 14.7. The summed E-state index contributed by atoms with van der Waals surface area (Å²) in [5.74, 6) is 0.602. The molecule has 29 heavy (non-hydrogen) atoms. The first-order valence-corrected chi connectivity index (χ1v) is 10.5. The SMILES string of the molecule is CCN1C(=O)C2(SC(C)(C)CN2C(=O)Nc2cccc(OC)c2)c2ccccc21. The number of likely N-dealkylation sites (N-methyl/N-ethyl adjacent to an activating group) is 1. The fraction of sp³-hybridized carbons (Fsp3) is 0.364. The number of fused-ring (bicyclic) bond motifs is 2. The van der Waals surface area contributed by atoms with Gasteiger partial charge < -0.3 is 15.0 Å². The molecular weight excluding hydrogens is 386 g/mol. The third-order valence-electron chi connectivity index (χ3n) is 5.32. The molecule has 2 aliphatic rings. The van der Waals surface area contributed by atoms with Crippen molar-refractivity contribution in [3.63, 3.8) is 0 Å². The number of methoxy groups -OCH3 is 1. The van der Waals surface area contributed by atoms with Crippen LogP contribution in [0.15, 0.2) is 48.5 Å². The van der Waals surface area contributed by atoms with Crippen molar-refractivity contribution in [2.45, 2.75) is 30.4 Å². The lowest BCUT2D eigenvalue weighted by atomic mass is 10.1. The smallest absolute Gasteiger partial charge is 0.323 e. The Morgan fingerprint density at radius 2 is 1.97 bits per heavy atom. The maximum absolute atomic E-state index is 13.6. The number of para-hydroxylation sites is 1. The summed E-state index contributed by atoms with van der Waals surface area (Å²) in [5, 5.41) is 2.95. The molecule has 6 nitrogen and oxygen atoms in total. The fourth-order valence-corrected chi connectivity index (χ4v) is 5.89. The molecule has 7 heteroatoms. The molecule has 0 saturated carbocycles. The van der Waals surface area contributed by atoms with Crippen LogP contribution in [-0.2, 0) is 9.67 Å². The van der Waals surface area contributed by atoms with Crippen LogP contribution in [0.25, 0.3) is 0 Å². The monoisotopic (exact) mass is 411 g/mol. The molecule has 0 radical (unpaired) electrons. The van der Waals surface area contributed by atoms with Gasteiger partial charge in [0.25, 0.3) is 5.91 Å². The van der Waals surface area contributed by atoms with Crippen LogP contribution in [0.4, 0.5) is 16.2 Å². The maximum atomic E-state index is 13.6. The van der Waals surface area contributed by atoms with Crippen LogP contribution >= 0.6 is 11.8 Å². The Labute approximate surface area is 175 Å². The highest BCUT2D eigenvalue weighted by atomic mass is 32.2. The molecule has 1 N–H and O–H groups in total. The van der Waals surface area contributed by atoms with Gasteiger partial charge in [0.15, 0.2) is 4.87 Å². The minimum absolute atomic E-state index is 0.0578. The number of amides is 3. The van der Waals surface area contributed by atoms with Crippen molar-refractivity contribution in [2.75, 3.05) is 30.4 Å². The second-order valence-corrected chi connectivity index (χ2v) is 9.72. The van der Waals surface area contributed by atoms with Crippen LogP contribution in [0.5, 0.6) is 5.75 Å².